The highest BCUT2D eigenvalue weighted by molar-refractivity contribution is 9.10. The molecule has 2 heterocycles. The largest absolute Gasteiger partial charge is 0.276 e. The van der Waals surface area contributed by atoms with Crippen molar-refractivity contribution in [3.05, 3.63) is 101 Å². The van der Waals surface area contributed by atoms with Crippen molar-refractivity contribution in [1.29, 1.82) is 0 Å². The van der Waals surface area contributed by atoms with E-state index in [-0.39, 0.29) is 16.8 Å². The number of rotatable bonds is 3. The summed E-state index contributed by atoms with van der Waals surface area (Å²) < 4.78 is 0. The van der Waals surface area contributed by atoms with Crippen LogP contribution in [-0.4, -0.2) is 26.4 Å². The van der Waals surface area contributed by atoms with Crippen LogP contribution in [0, 0.1) is 6.92 Å². The van der Waals surface area contributed by atoms with Crippen LogP contribution in [0.4, 0.5) is 0 Å². The van der Waals surface area contributed by atoms with E-state index in [1.54, 1.807) is 29.5 Å². The quantitative estimate of drug-likeness (QED) is 0.574. The van der Waals surface area contributed by atoms with Crippen LogP contribution < -0.4 is 0 Å². The highest BCUT2D eigenvalue weighted by atomic mass is 79.9. The molecule has 2 aromatic carbocycles. The second-order valence-electron chi connectivity index (χ2n) is 6.50. The molecule has 1 aromatic heterocycles. The number of carbonyl (C=O) groups is 1. The summed E-state index contributed by atoms with van der Waals surface area (Å²) in [6.45, 7) is 2.05. The monoisotopic (exact) mass is 419 g/mol. The lowest BCUT2D eigenvalue weighted by molar-refractivity contribution is 0.0714. The molecule has 0 spiro atoms. The molecule has 0 aliphatic carbocycles. The third-order valence-corrected chi connectivity index (χ3v) is 5.56. The van der Waals surface area contributed by atoms with E-state index < -0.39 is 0 Å². The Labute approximate surface area is 166 Å². The predicted octanol–water partition coefficient (Wildman–Crippen LogP) is 4.75. The van der Waals surface area contributed by atoms with Crippen LogP contribution in [0.3, 0.4) is 0 Å². The highest BCUT2D eigenvalue weighted by Gasteiger charge is 2.40. The van der Waals surface area contributed by atoms with E-state index in [1.165, 1.54) is 5.56 Å². The van der Waals surface area contributed by atoms with Crippen molar-refractivity contribution in [2.75, 3.05) is 0 Å². The summed E-state index contributed by atoms with van der Waals surface area (Å²) in [6, 6.07) is 21.5. The Hall–Kier alpha value is -2.79. The molecule has 27 heavy (non-hydrogen) atoms. The molecule has 4 rings (SSSR count). The summed E-state index contributed by atoms with van der Waals surface area (Å²) in [5.74, 6) is -0.163. The second-order valence-corrected chi connectivity index (χ2v) is 7.49. The fraction of sp³-hybridized carbons (Fsp3) is 0.136. The molecule has 0 radical (unpaired) electrons. The van der Waals surface area contributed by atoms with Gasteiger partial charge in [-0.1, -0.05) is 76.1 Å². The molecule has 0 saturated carbocycles. The van der Waals surface area contributed by atoms with Crippen LogP contribution >= 0.6 is 15.9 Å². The van der Waals surface area contributed by atoms with Crippen molar-refractivity contribution in [1.82, 2.24) is 9.99 Å². The summed E-state index contributed by atoms with van der Waals surface area (Å²) in [4.78, 5) is 17.1. The number of carbonyl (C=O) groups excluding carboxylic acids is 1. The first-order valence-corrected chi connectivity index (χ1v) is 9.65. The van der Waals surface area contributed by atoms with Crippen LogP contribution in [0.1, 0.15) is 33.1 Å². The van der Waals surface area contributed by atoms with Crippen molar-refractivity contribution in [3.8, 4) is 0 Å². The molecule has 0 fully saturated rings. The van der Waals surface area contributed by atoms with E-state index in [4.69, 9.17) is 5.10 Å². The number of benzene rings is 2. The van der Waals surface area contributed by atoms with Crippen LogP contribution in [0.15, 0.2) is 84.2 Å². The summed E-state index contributed by atoms with van der Waals surface area (Å²) in [5.41, 5.74) is 4.58. The molecule has 0 N–H and O–H groups in total. The first kappa shape index (κ1) is 17.6. The van der Waals surface area contributed by atoms with Gasteiger partial charge in [0, 0.05) is 12.4 Å². The third kappa shape index (κ3) is 3.43. The van der Waals surface area contributed by atoms with Gasteiger partial charge in [-0.15, -0.1) is 0 Å². The van der Waals surface area contributed by atoms with Crippen LogP contribution in [0.5, 0.6) is 0 Å². The molecule has 2 atom stereocenters. The summed E-state index contributed by atoms with van der Waals surface area (Å²) >= 11 is 3.80. The van der Waals surface area contributed by atoms with Gasteiger partial charge in [-0.25, -0.2) is 5.01 Å². The van der Waals surface area contributed by atoms with Gasteiger partial charge in [-0.05, 0) is 30.2 Å². The molecule has 134 valence electrons. The van der Waals surface area contributed by atoms with E-state index >= 15 is 0 Å². The molecule has 4 nitrogen and oxygen atoms in total. The number of aryl methyl sites for hydroxylation is 1. The lowest BCUT2D eigenvalue weighted by Gasteiger charge is -2.24. The third-order valence-electron chi connectivity index (χ3n) is 4.62. The second kappa shape index (κ2) is 7.45. The molecule has 5 heteroatoms. The van der Waals surface area contributed by atoms with Gasteiger partial charge in [0.15, 0.2) is 0 Å². The van der Waals surface area contributed by atoms with Gasteiger partial charge in [0.1, 0.15) is 0 Å². The lowest BCUT2D eigenvalue weighted by atomic mass is 9.97. The van der Waals surface area contributed by atoms with Gasteiger partial charge in [0.2, 0.25) is 0 Å². The van der Waals surface area contributed by atoms with Crippen molar-refractivity contribution < 1.29 is 4.79 Å². The zero-order valence-electron chi connectivity index (χ0n) is 14.8. The first-order valence-electron chi connectivity index (χ1n) is 8.73. The standard InChI is InChI=1S/C22H18BrN3O/c1-15-9-11-17(12-10-15)21-19(23)20(16-6-3-2-4-7-16)25-26(21)22(27)18-8-5-13-24-14-18/h2-14,19,21H,1H3. The van der Waals surface area contributed by atoms with Gasteiger partial charge in [0.25, 0.3) is 5.91 Å². The predicted molar refractivity (Wildman–Crippen MR) is 110 cm³/mol. The molecule has 1 aliphatic rings. The van der Waals surface area contributed by atoms with Crippen molar-refractivity contribution >= 4 is 27.5 Å². The van der Waals surface area contributed by atoms with E-state index in [9.17, 15) is 4.79 Å². The van der Waals surface area contributed by atoms with Crippen LogP contribution in [0.25, 0.3) is 0 Å². The Bertz CT molecular complexity index is 971. The molecule has 0 saturated heterocycles. The minimum Gasteiger partial charge on any atom is -0.267 e. The average molecular weight is 420 g/mol. The molecule has 0 bridgehead atoms. The van der Waals surface area contributed by atoms with Crippen molar-refractivity contribution in [2.24, 2.45) is 5.10 Å². The van der Waals surface area contributed by atoms with Crippen molar-refractivity contribution in [3.63, 3.8) is 0 Å². The Morgan fingerprint density at radius 3 is 2.41 bits per heavy atom. The van der Waals surface area contributed by atoms with Gasteiger partial charge >= 0.3 is 0 Å². The Morgan fingerprint density at radius 2 is 1.74 bits per heavy atom. The zero-order valence-corrected chi connectivity index (χ0v) is 16.4. The minimum atomic E-state index is -0.228. The SMILES string of the molecule is Cc1ccc(C2C(Br)C(c3ccccc3)=NN2C(=O)c2cccnc2)cc1. The maximum Gasteiger partial charge on any atom is 0.276 e. The summed E-state index contributed by atoms with van der Waals surface area (Å²) in [7, 11) is 0. The topological polar surface area (TPSA) is 45.6 Å². The van der Waals surface area contributed by atoms with E-state index in [1.807, 2.05) is 30.3 Å². The van der Waals surface area contributed by atoms with E-state index in [2.05, 4.69) is 52.1 Å². The van der Waals surface area contributed by atoms with Crippen molar-refractivity contribution in [2.45, 2.75) is 17.8 Å². The number of halogens is 1. The molecule has 1 amide bonds. The molecule has 3 aromatic rings. The van der Waals surface area contributed by atoms with E-state index in [0.717, 1.165) is 16.8 Å². The average Bonchev–Trinajstić information content (AvgIpc) is 3.06. The smallest absolute Gasteiger partial charge is 0.267 e. The fourth-order valence-electron chi connectivity index (χ4n) is 3.20. The maximum atomic E-state index is 13.2. The number of alkyl halides is 1. The van der Waals surface area contributed by atoms with Gasteiger partial charge in [-0.2, -0.15) is 5.10 Å². The normalized spacial score (nSPS) is 19.0. The number of hydrazone groups is 1. The minimum absolute atomic E-state index is 0.108. The number of hydrogen-bond acceptors (Lipinski definition) is 3. The summed E-state index contributed by atoms with van der Waals surface area (Å²) in [6.07, 6.45) is 3.23. The van der Waals surface area contributed by atoms with Crippen LogP contribution in [0.2, 0.25) is 0 Å². The van der Waals surface area contributed by atoms with Gasteiger partial charge < -0.3 is 0 Å². The lowest BCUT2D eigenvalue weighted by Crippen LogP contribution is -2.31. The number of hydrogen-bond donors (Lipinski definition) is 0. The zero-order chi connectivity index (χ0) is 18.8. The van der Waals surface area contributed by atoms with Gasteiger partial charge in [0.05, 0.1) is 22.1 Å². The Kier molecular flexibility index (Phi) is 4.86. The van der Waals surface area contributed by atoms with E-state index in [0.29, 0.717) is 5.56 Å². The van der Waals surface area contributed by atoms with Crippen LogP contribution in [-0.2, 0) is 0 Å². The summed E-state index contributed by atoms with van der Waals surface area (Å²) in [5, 5.41) is 6.29. The maximum absolute atomic E-state index is 13.2. The number of nitrogens with zero attached hydrogens (tertiary/aromatic N) is 3. The number of pyridine rings is 1. The molecular formula is C22H18BrN3O. The first-order chi connectivity index (χ1) is 13.1. The molecule has 1 aliphatic heterocycles. The Balaban J connectivity index is 1.78. The number of aromatic nitrogens is 1. The number of amides is 1. The Morgan fingerprint density at radius 1 is 1.00 bits per heavy atom. The van der Waals surface area contributed by atoms with Gasteiger partial charge in [-0.3, -0.25) is 9.78 Å². The fourth-order valence-corrected chi connectivity index (χ4v) is 4.08. The molecule has 2 unspecified atom stereocenters. The highest BCUT2D eigenvalue weighted by Crippen LogP contribution is 2.38. The molecular weight excluding hydrogens is 402 g/mol.